The van der Waals surface area contributed by atoms with Crippen molar-refractivity contribution in [2.24, 2.45) is 0 Å². The summed E-state index contributed by atoms with van der Waals surface area (Å²) in [6.07, 6.45) is -0.459. The maximum atomic E-state index is 15.4. The summed E-state index contributed by atoms with van der Waals surface area (Å²) in [5, 5.41) is 7.04. The van der Waals surface area contributed by atoms with Crippen molar-refractivity contribution in [3.63, 3.8) is 0 Å². The first kappa shape index (κ1) is 26.6. The third kappa shape index (κ3) is 5.04. The van der Waals surface area contributed by atoms with Gasteiger partial charge in [0.25, 0.3) is 0 Å². The van der Waals surface area contributed by atoms with Crippen LogP contribution in [0, 0.1) is 19.3 Å². The summed E-state index contributed by atoms with van der Waals surface area (Å²) in [5.74, 6) is -1.71. The standard InChI is InChI=1S/C26H25F4N5OS/c1-5-35-13-18(24(33-35)26(28,29)30)23-16(8-6-9-19(23)27)17-12-34(21(36)10-7-11-31-3)14-20-22(17)15(2)25(32-4)37-20/h6-10,13,17,31H,5,11-12,14H2,1-3H3/b10-7+/t17-/m0/s1. The zero-order chi connectivity index (χ0) is 26.9. The molecule has 1 N–H and O–H groups in total. The lowest BCUT2D eigenvalue weighted by molar-refractivity contribution is -0.141. The third-order valence-electron chi connectivity index (χ3n) is 6.37. The van der Waals surface area contributed by atoms with E-state index < -0.39 is 23.6 Å². The van der Waals surface area contributed by atoms with Gasteiger partial charge >= 0.3 is 6.18 Å². The van der Waals surface area contributed by atoms with Crippen molar-refractivity contribution in [1.82, 2.24) is 20.0 Å². The molecule has 4 rings (SSSR count). The van der Waals surface area contributed by atoms with E-state index in [9.17, 15) is 18.0 Å². The SMILES string of the molecule is [C-]#[N+]c1sc2c(c1C)[C@H](c1cccc(F)c1-c1cn(CC)nc1C(F)(F)F)CN(C(=O)/C=C/CNC)C2. The molecule has 0 bridgehead atoms. The lowest BCUT2D eigenvalue weighted by Gasteiger charge is -2.34. The van der Waals surface area contributed by atoms with Crippen LogP contribution in [-0.4, -0.2) is 40.7 Å². The Bertz CT molecular complexity index is 1400. The van der Waals surface area contributed by atoms with E-state index in [1.165, 1.54) is 29.7 Å². The summed E-state index contributed by atoms with van der Waals surface area (Å²) >= 11 is 1.26. The average molecular weight is 532 g/mol. The molecular formula is C26H25F4N5OS. The highest BCUT2D eigenvalue weighted by Crippen LogP contribution is 2.48. The average Bonchev–Trinajstić information content (AvgIpc) is 3.44. The second kappa shape index (κ2) is 10.5. The van der Waals surface area contributed by atoms with Gasteiger partial charge in [0.1, 0.15) is 5.82 Å². The van der Waals surface area contributed by atoms with E-state index in [0.717, 1.165) is 21.2 Å². The van der Waals surface area contributed by atoms with E-state index >= 15 is 4.39 Å². The molecule has 11 heteroatoms. The van der Waals surface area contributed by atoms with Gasteiger partial charge in [-0.2, -0.15) is 29.6 Å². The minimum absolute atomic E-state index is 0.129. The topological polar surface area (TPSA) is 54.5 Å². The zero-order valence-electron chi connectivity index (χ0n) is 20.5. The number of fused-ring (bicyclic) bond motifs is 1. The minimum Gasteiger partial charge on any atom is -0.333 e. The van der Waals surface area contributed by atoms with E-state index in [1.807, 2.05) is 0 Å². The van der Waals surface area contributed by atoms with Gasteiger partial charge in [-0.15, -0.1) is 0 Å². The molecule has 37 heavy (non-hydrogen) atoms. The molecular weight excluding hydrogens is 506 g/mol. The molecule has 0 aliphatic carbocycles. The van der Waals surface area contributed by atoms with E-state index in [-0.39, 0.29) is 36.7 Å². The van der Waals surface area contributed by atoms with Gasteiger partial charge in [0.15, 0.2) is 5.69 Å². The lowest BCUT2D eigenvalue weighted by atomic mass is 9.82. The molecule has 0 unspecified atom stereocenters. The Morgan fingerprint density at radius 3 is 2.78 bits per heavy atom. The summed E-state index contributed by atoms with van der Waals surface area (Å²) in [5.41, 5.74) is 0.0797. The fourth-order valence-electron chi connectivity index (χ4n) is 4.70. The molecule has 0 saturated heterocycles. The third-order valence-corrected chi connectivity index (χ3v) is 7.56. The number of carbonyl (C=O) groups excluding carboxylic acids is 1. The largest absolute Gasteiger partial charge is 0.435 e. The summed E-state index contributed by atoms with van der Waals surface area (Å²) in [7, 11) is 1.75. The summed E-state index contributed by atoms with van der Waals surface area (Å²) in [6.45, 7) is 12.1. The zero-order valence-corrected chi connectivity index (χ0v) is 21.3. The number of aryl methyl sites for hydroxylation is 1. The van der Waals surface area contributed by atoms with E-state index in [0.29, 0.717) is 22.7 Å². The number of alkyl halides is 3. The lowest BCUT2D eigenvalue weighted by Crippen LogP contribution is -2.37. The van der Waals surface area contributed by atoms with Crippen LogP contribution in [-0.2, 0) is 24.1 Å². The van der Waals surface area contributed by atoms with Crippen LogP contribution in [0.25, 0.3) is 16.0 Å². The molecule has 3 aromatic rings. The number of amides is 1. The summed E-state index contributed by atoms with van der Waals surface area (Å²) in [4.78, 5) is 18.9. The van der Waals surface area contributed by atoms with E-state index in [1.54, 1.807) is 37.9 Å². The number of carbonyl (C=O) groups is 1. The number of thiophene rings is 1. The van der Waals surface area contributed by atoms with Crippen LogP contribution in [0.3, 0.4) is 0 Å². The molecule has 194 valence electrons. The predicted molar refractivity (Wildman–Crippen MR) is 134 cm³/mol. The van der Waals surface area contributed by atoms with Crippen molar-refractivity contribution in [2.75, 3.05) is 20.1 Å². The van der Waals surface area contributed by atoms with Gasteiger partial charge in [-0.05, 0) is 43.7 Å². The fraction of sp³-hybridized carbons (Fsp3) is 0.346. The fourth-order valence-corrected chi connectivity index (χ4v) is 5.87. The highest BCUT2D eigenvalue weighted by Gasteiger charge is 2.40. The van der Waals surface area contributed by atoms with E-state index in [2.05, 4.69) is 15.3 Å². The number of likely N-dealkylation sites (N-methyl/N-ethyl adjacent to an activating group) is 1. The van der Waals surface area contributed by atoms with Crippen LogP contribution in [0.2, 0.25) is 0 Å². The number of benzene rings is 1. The first-order valence-electron chi connectivity index (χ1n) is 11.6. The molecule has 0 fully saturated rings. The number of nitrogens with one attached hydrogen (secondary N) is 1. The van der Waals surface area contributed by atoms with Crippen molar-refractivity contribution >= 4 is 22.2 Å². The van der Waals surface area contributed by atoms with Crippen molar-refractivity contribution < 1.29 is 22.4 Å². The van der Waals surface area contributed by atoms with Crippen LogP contribution in [0.15, 0.2) is 36.5 Å². The number of nitrogens with zero attached hydrogens (tertiary/aromatic N) is 4. The van der Waals surface area contributed by atoms with Crippen LogP contribution < -0.4 is 5.32 Å². The molecule has 1 aliphatic heterocycles. The van der Waals surface area contributed by atoms with Crippen molar-refractivity contribution in [3.05, 3.63) is 81.0 Å². The van der Waals surface area contributed by atoms with Gasteiger partial charge < -0.3 is 10.2 Å². The predicted octanol–water partition coefficient (Wildman–Crippen LogP) is 5.90. The Morgan fingerprint density at radius 2 is 2.14 bits per heavy atom. The summed E-state index contributed by atoms with van der Waals surface area (Å²) in [6, 6.07) is 4.17. The number of hydrogen-bond acceptors (Lipinski definition) is 4. The van der Waals surface area contributed by atoms with Crippen LogP contribution >= 0.6 is 11.3 Å². The first-order valence-corrected chi connectivity index (χ1v) is 12.4. The van der Waals surface area contributed by atoms with Crippen LogP contribution in [0.5, 0.6) is 0 Å². The van der Waals surface area contributed by atoms with Crippen molar-refractivity contribution in [3.8, 4) is 11.1 Å². The second-order valence-electron chi connectivity index (χ2n) is 8.66. The molecule has 0 spiro atoms. The number of aromatic nitrogens is 2. The minimum atomic E-state index is -4.79. The molecule has 3 heterocycles. The highest BCUT2D eigenvalue weighted by molar-refractivity contribution is 7.16. The molecule has 1 aliphatic rings. The number of halogens is 4. The van der Waals surface area contributed by atoms with Crippen LogP contribution in [0.1, 0.15) is 40.1 Å². The smallest absolute Gasteiger partial charge is 0.333 e. The van der Waals surface area contributed by atoms with Gasteiger partial charge in [-0.1, -0.05) is 18.2 Å². The maximum Gasteiger partial charge on any atom is 0.435 e. The second-order valence-corrected chi connectivity index (χ2v) is 9.74. The van der Waals surface area contributed by atoms with Gasteiger partial charge in [0.05, 0.1) is 13.1 Å². The molecule has 0 radical (unpaired) electrons. The quantitative estimate of drug-likeness (QED) is 0.245. The Balaban J connectivity index is 1.92. The summed E-state index contributed by atoms with van der Waals surface area (Å²) < 4.78 is 58.5. The Kier molecular flexibility index (Phi) is 7.52. The molecule has 1 atom stereocenters. The molecule has 6 nitrogen and oxygen atoms in total. The molecule has 0 saturated carbocycles. The Labute approximate surface area is 216 Å². The molecule has 1 amide bonds. The maximum absolute atomic E-state index is 15.4. The Hall–Kier alpha value is -3.49. The Morgan fingerprint density at radius 1 is 1.38 bits per heavy atom. The molecule has 2 aromatic heterocycles. The molecule has 1 aromatic carbocycles. The van der Waals surface area contributed by atoms with Gasteiger partial charge in [0, 0.05) is 53.8 Å². The number of hydrogen-bond donors (Lipinski definition) is 1. The van der Waals surface area contributed by atoms with E-state index in [4.69, 9.17) is 6.57 Å². The van der Waals surface area contributed by atoms with Gasteiger partial charge in [0.2, 0.25) is 10.9 Å². The van der Waals surface area contributed by atoms with Crippen LogP contribution in [0.4, 0.5) is 22.6 Å². The van der Waals surface area contributed by atoms with Crippen molar-refractivity contribution in [1.29, 1.82) is 0 Å². The van der Waals surface area contributed by atoms with Gasteiger partial charge in [-0.3, -0.25) is 9.48 Å². The first-order chi connectivity index (χ1) is 17.6. The normalized spacial score (nSPS) is 15.7. The highest BCUT2D eigenvalue weighted by atomic mass is 32.1. The monoisotopic (exact) mass is 531 g/mol. The van der Waals surface area contributed by atoms with Gasteiger partial charge in [-0.25, -0.2) is 9.24 Å². The number of rotatable bonds is 6. The van der Waals surface area contributed by atoms with Crippen molar-refractivity contribution in [2.45, 2.75) is 39.0 Å².